The van der Waals surface area contributed by atoms with Gasteiger partial charge in [-0.05, 0) is 24.6 Å². The van der Waals surface area contributed by atoms with Crippen molar-refractivity contribution in [1.82, 2.24) is 0 Å². The molecule has 0 amide bonds. The molecule has 0 aliphatic carbocycles. The first kappa shape index (κ1) is 12.9. The molecule has 16 heavy (non-hydrogen) atoms. The molecule has 0 N–H and O–H groups in total. The van der Waals surface area contributed by atoms with Crippen molar-refractivity contribution < 1.29 is 17.2 Å². The molecule has 0 aliphatic heterocycles. The zero-order chi connectivity index (χ0) is 12.5. The van der Waals surface area contributed by atoms with Crippen LogP contribution in [0.5, 0.6) is 0 Å². The largest absolute Gasteiger partial charge is 0.265 e. The number of benzene rings is 1. The van der Waals surface area contributed by atoms with Crippen LogP contribution < -0.4 is 0 Å². The number of rotatable bonds is 2. The monoisotopic (exact) mass is 265 g/mol. The maximum atomic E-state index is 12.6. The first-order valence-corrected chi connectivity index (χ1v) is 6.35. The lowest BCUT2D eigenvalue weighted by atomic mass is 10.0. The van der Waals surface area contributed by atoms with Crippen molar-refractivity contribution in [3.8, 4) is 6.07 Å². The predicted octanol–water partition coefficient (Wildman–Crippen LogP) is 2.73. The second-order valence-corrected chi connectivity index (χ2v) is 5.62. The van der Waals surface area contributed by atoms with Crippen LogP contribution in [0.25, 0.3) is 0 Å². The van der Waals surface area contributed by atoms with Crippen LogP contribution in [-0.4, -0.2) is 8.42 Å². The van der Waals surface area contributed by atoms with Crippen LogP contribution in [0.2, 0.25) is 0 Å². The van der Waals surface area contributed by atoms with E-state index in [2.05, 4.69) is 0 Å². The van der Waals surface area contributed by atoms with Crippen molar-refractivity contribution >= 4 is 19.7 Å². The molecule has 0 aliphatic rings. The molecule has 1 aromatic carbocycles. The van der Waals surface area contributed by atoms with Gasteiger partial charge in [-0.1, -0.05) is 0 Å². The van der Waals surface area contributed by atoms with E-state index < -0.39 is 25.9 Å². The predicted molar refractivity (Wildman–Crippen MR) is 53.9 cm³/mol. The minimum atomic E-state index is -4.08. The summed E-state index contributed by atoms with van der Waals surface area (Å²) in [4.78, 5) is -0.430. The van der Waals surface area contributed by atoms with Gasteiger partial charge in [-0.25, -0.2) is 17.2 Å². The van der Waals surface area contributed by atoms with Gasteiger partial charge in [-0.3, -0.25) is 0 Å². The van der Waals surface area contributed by atoms with Crippen LogP contribution in [0.15, 0.2) is 17.0 Å². The molecule has 0 spiro atoms. The molecule has 0 saturated heterocycles. The van der Waals surface area contributed by atoms with Gasteiger partial charge < -0.3 is 0 Å². The van der Waals surface area contributed by atoms with E-state index >= 15 is 0 Å². The summed E-state index contributed by atoms with van der Waals surface area (Å²) >= 11 is 0. The summed E-state index contributed by atoms with van der Waals surface area (Å²) < 4.78 is 47.1. The summed E-state index contributed by atoms with van der Waals surface area (Å²) in [6, 6.07) is 3.42. The van der Waals surface area contributed by atoms with Gasteiger partial charge in [0.25, 0.3) is 15.5 Å². The maximum Gasteiger partial charge on any atom is 0.265 e. The zero-order valence-corrected chi connectivity index (χ0v) is 9.61. The summed E-state index contributed by atoms with van der Waals surface area (Å²) in [5, 5.41) is 8.68. The van der Waals surface area contributed by atoms with Crippen molar-refractivity contribution in [3.05, 3.63) is 28.8 Å². The minimum absolute atomic E-state index is 0.152. The Bertz CT molecular complexity index is 564. The van der Waals surface area contributed by atoms with E-state index in [9.17, 15) is 17.2 Å². The van der Waals surface area contributed by atoms with Crippen molar-refractivity contribution in [2.75, 3.05) is 0 Å². The lowest BCUT2D eigenvalue weighted by molar-refractivity contribution is 0.150. The molecule has 1 rings (SSSR count). The van der Waals surface area contributed by atoms with E-state index in [4.69, 9.17) is 15.9 Å². The SMILES string of the molecule is Cc1cc(S(=O)(=O)Cl)cc(C(F)F)c1C#N. The molecule has 0 saturated carbocycles. The summed E-state index contributed by atoms with van der Waals surface area (Å²) in [6.45, 7) is 1.37. The molecule has 86 valence electrons. The molecule has 3 nitrogen and oxygen atoms in total. The van der Waals surface area contributed by atoms with Gasteiger partial charge in [0.15, 0.2) is 0 Å². The van der Waals surface area contributed by atoms with Gasteiger partial charge in [0, 0.05) is 16.2 Å². The Morgan fingerprint density at radius 2 is 2.00 bits per heavy atom. The van der Waals surface area contributed by atoms with Crippen molar-refractivity contribution in [2.24, 2.45) is 0 Å². The number of hydrogen-bond donors (Lipinski definition) is 0. The normalized spacial score (nSPS) is 11.5. The molecule has 7 heteroatoms. The van der Waals surface area contributed by atoms with Gasteiger partial charge >= 0.3 is 0 Å². The Hall–Kier alpha value is -1.19. The fourth-order valence-electron chi connectivity index (χ4n) is 1.25. The maximum absolute atomic E-state index is 12.6. The van der Waals surface area contributed by atoms with E-state index in [1.807, 2.05) is 0 Å². The van der Waals surface area contributed by atoms with E-state index in [0.717, 1.165) is 12.1 Å². The average Bonchev–Trinajstić information content (AvgIpc) is 2.14. The highest BCUT2D eigenvalue weighted by Crippen LogP contribution is 2.29. The average molecular weight is 266 g/mol. The van der Waals surface area contributed by atoms with Crippen molar-refractivity contribution in [1.29, 1.82) is 5.26 Å². The molecule has 0 fully saturated rings. The molecule has 0 aromatic heterocycles. The highest BCUT2D eigenvalue weighted by atomic mass is 35.7. The first-order chi connectivity index (χ1) is 7.27. The second-order valence-electron chi connectivity index (χ2n) is 3.05. The molecular formula is C9H6ClF2NO2S. The van der Waals surface area contributed by atoms with Crippen LogP contribution in [-0.2, 0) is 9.05 Å². The number of alkyl halides is 2. The van der Waals surface area contributed by atoms with Crippen LogP contribution in [0.3, 0.4) is 0 Å². The van der Waals surface area contributed by atoms with Gasteiger partial charge in [-0.15, -0.1) is 0 Å². The molecule has 0 radical (unpaired) electrons. The number of nitriles is 1. The Labute approximate surface area is 95.7 Å². The Balaban J connectivity index is 3.61. The van der Waals surface area contributed by atoms with Gasteiger partial charge in [0.2, 0.25) is 0 Å². The van der Waals surface area contributed by atoms with Gasteiger partial charge in [0.1, 0.15) is 0 Å². The van der Waals surface area contributed by atoms with E-state index in [1.165, 1.54) is 6.92 Å². The third kappa shape index (κ3) is 2.49. The van der Waals surface area contributed by atoms with Crippen molar-refractivity contribution in [2.45, 2.75) is 18.2 Å². The fraction of sp³-hybridized carbons (Fsp3) is 0.222. The van der Waals surface area contributed by atoms with Crippen LogP contribution in [0.1, 0.15) is 23.1 Å². The summed E-state index contributed by atoms with van der Waals surface area (Å²) in [5.74, 6) is 0. The highest BCUT2D eigenvalue weighted by Gasteiger charge is 2.20. The smallest absolute Gasteiger partial charge is 0.207 e. The Morgan fingerprint density at radius 1 is 1.44 bits per heavy atom. The topological polar surface area (TPSA) is 57.9 Å². The fourth-order valence-corrected chi connectivity index (χ4v) is 2.10. The molecule has 0 unspecified atom stereocenters. The van der Waals surface area contributed by atoms with E-state index in [-0.39, 0.29) is 11.1 Å². The van der Waals surface area contributed by atoms with Crippen LogP contribution in [0, 0.1) is 18.3 Å². The Kier molecular flexibility index (Phi) is 3.51. The summed E-state index contributed by atoms with van der Waals surface area (Å²) in [7, 11) is 0.970. The standard InChI is InChI=1S/C9H6ClF2NO2S/c1-5-2-6(16(10,14)15)3-7(9(11)12)8(5)4-13/h2-3,9H,1H3. The molecule has 0 bridgehead atoms. The van der Waals surface area contributed by atoms with Crippen molar-refractivity contribution in [3.63, 3.8) is 0 Å². The molecular weight excluding hydrogens is 260 g/mol. The molecule has 1 aromatic rings. The zero-order valence-electron chi connectivity index (χ0n) is 8.04. The minimum Gasteiger partial charge on any atom is -0.207 e. The first-order valence-electron chi connectivity index (χ1n) is 4.05. The number of nitrogens with zero attached hydrogens (tertiary/aromatic N) is 1. The van der Waals surface area contributed by atoms with Crippen LogP contribution in [0.4, 0.5) is 8.78 Å². The van der Waals surface area contributed by atoms with E-state index in [1.54, 1.807) is 6.07 Å². The Morgan fingerprint density at radius 3 is 2.38 bits per heavy atom. The lowest BCUT2D eigenvalue weighted by Gasteiger charge is -2.07. The number of halogens is 3. The third-order valence-electron chi connectivity index (χ3n) is 1.97. The molecule has 0 heterocycles. The van der Waals surface area contributed by atoms with E-state index in [0.29, 0.717) is 0 Å². The number of hydrogen-bond acceptors (Lipinski definition) is 3. The number of aryl methyl sites for hydroxylation is 1. The third-order valence-corrected chi connectivity index (χ3v) is 3.30. The van der Waals surface area contributed by atoms with Gasteiger partial charge in [0.05, 0.1) is 16.5 Å². The summed E-state index contributed by atoms with van der Waals surface area (Å²) in [5.41, 5.74) is -0.694. The lowest BCUT2D eigenvalue weighted by Crippen LogP contribution is -1.99. The summed E-state index contributed by atoms with van der Waals surface area (Å²) in [6.07, 6.45) is -2.92. The molecule has 0 atom stereocenters. The van der Waals surface area contributed by atoms with Crippen LogP contribution >= 0.6 is 10.7 Å². The highest BCUT2D eigenvalue weighted by molar-refractivity contribution is 8.13. The van der Waals surface area contributed by atoms with Gasteiger partial charge in [-0.2, -0.15) is 5.26 Å². The quantitative estimate of drug-likeness (QED) is 0.773. The second kappa shape index (κ2) is 4.36.